The van der Waals surface area contributed by atoms with Gasteiger partial charge in [0.15, 0.2) is 0 Å². The van der Waals surface area contributed by atoms with Gasteiger partial charge in [-0.1, -0.05) is 43.7 Å². The van der Waals surface area contributed by atoms with Gasteiger partial charge in [0.25, 0.3) is 0 Å². The number of hydrogen-bond acceptors (Lipinski definition) is 2. The fraction of sp³-hybridized carbons (Fsp3) is 0.333. The first kappa shape index (κ1) is 15.4. The number of anilines is 1. The average Bonchev–Trinajstić information content (AvgIpc) is 2.47. The number of ether oxygens (including phenoxy) is 1. The molecule has 0 amide bonds. The van der Waals surface area contributed by atoms with Crippen molar-refractivity contribution in [3.8, 4) is 5.75 Å². The SMILES string of the molecule is Cc1ccc(F)c(CNc2ccccc2OCC(C)C)c1. The molecule has 0 unspecified atom stereocenters. The lowest BCUT2D eigenvalue weighted by atomic mass is 10.1. The summed E-state index contributed by atoms with van der Waals surface area (Å²) < 4.78 is 19.5. The van der Waals surface area contributed by atoms with Crippen molar-refractivity contribution in [3.63, 3.8) is 0 Å². The van der Waals surface area contributed by atoms with Gasteiger partial charge in [-0.2, -0.15) is 0 Å². The predicted molar refractivity (Wildman–Crippen MR) is 85.2 cm³/mol. The Bertz CT molecular complexity index is 596. The average molecular weight is 287 g/mol. The molecule has 2 rings (SSSR count). The lowest BCUT2D eigenvalue weighted by Gasteiger charge is -2.15. The van der Waals surface area contributed by atoms with E-state index in [1.54, 1.807) is 6.07 Å². The predicted octanol–water partition coefficient (Wildman–Crippen LogP) is 4.78. The minimum absolute atomic E-state index is 0.186. The van der Waals surface area contributed by atoms with Crippen LogP contribution in [0.1, 0.15) is 25.0 Å². The zero-order valence-corrected chi connectivity index (χ0v) is 12.8. The summed E-state index contributed by atoms with van der Waals surface area (Å²) in [5, 5.41) is 3.26. The normalized spacial score (nSPS) is 10.7. The molecule has 0 aliphatic carbocycles. The lowest BCUT2D eigenvalue weighted by Crippen LogP contribution is -2.08. The Hall–Kier alpha value is -2.03. The molecular weight excluding hydrogens is 265 g/mol. The molecule has 0 radical (unpaired) electrons. The van der Waals surface area contributed by atoms with Crippen LogP contribution in [0, 0.1) is 18.7 Å². The highest BCUT2D eigenvalue weighted by Gasteiger charge is 2.06. The molecule has 2 aromatic rings. The van der Waals surface area contributed by atoms with Gasteiger partial charge in [0.1, 0.15) is 11.6 Å². The van der Waals surface area contributed by atoms with Crippen molar-refractivity contribution in [2.45, 2.75) is 27.3 Å². The second-order valence-electron chi connectivity index (χ2n) is 5.65. The van der Waals surface area contributed by atoms with E-state index >= 15 is 0 Å². The maximum Gasteiger partial charge on any atom is 0.142 e. The van der Waals surface area contributed by atoms with Crippen molar-refractivity contribution in [1.29, 1.82) is 0 Å². The number of rotatable bonds is 6. The van der Waals surface area contributed by atoms with Gasteiger partial charge in [-0.15, -0.1) is 0 Å². The summed E-state index contributed by atoms with van der Waals surface area (Å²) in [6.45, 7) is 7.28. The first-order valence-electron chi connectivity index (χ1n) is 7.27. The third-order valence-corrected chi connectivity index (χ3v) is 3.13. The summed E-state index contributed by atoms with van der Waals surface area (Å²) in [4.78, 5) is 0. The molecule has 3 heteroatoms. The van der Waals surface area contributed by atoms with Crippen molar-refractivity contribution in [2.24, 2.45) is 5.92 Å². The van der Waals surface area contributed by atoms with Crippen LogP contribution in [0.5, 0.6) is 5.75 Å². The van der Waals surface area contributed by atoms with Crippen LogP contribution in [-0.4, -0.2) is 6.61 Å². The third-order valence-electron chi connectivity index (χ3n) is 3.13. The number of aryl methyl sites for hydroxylation is 1. The molecule has 0 aliphatic heterocycles. The largest absolute Gasteiger partial charge is 0.491 e. The number of hydrogen-bond donors (Lipinski definition) is 1. The molecule has 2 nitrogen and oxygen atoms in total. The van der Waals surface area contributed by atoms with Crippen LogP contribution in [0.4, 0.5) is 10.1 Å². The molecule has 1 N–H and O–H groups in total. The van der Waals surface area contributed by atoms with Crippen LogP contribution in [-0.2, 0) is 6.54 Å². The standard InChI is InChI=1S/C18H22FNO/c1-13(2)12-21-18-7-5-4-6-17(18)20-11-15-10-14(3)8-9-16(15)19/h4-10,13,20H,11-12H2,1-3H3. The number of nitrogens with one attached hydrogen (secondary N) is 1. The first-order chi connectivity index (χ1) is 10.1. The molecule has 0 heterocycles. The van der Waals surface area contributed by atoms with Gasteiger partial charge in [0, 0.05) is 12.1 Å². The fourth-order valence-corrected chi connectivity index (χ4v) is 2.02. The first-order valence-corrected chi connectivity index (χ1v) is 7.27. The lowest BCUT2D eigenvalue weighted by molar-refractivity contribution is 0.272. The van der Waals surface area contributed by atoms with Gasteiger partial charge in [-0.05, 0) is 31.0 Å². The van der Waals surface area contributed by atoms with Gasteiger partial charge in [0.05, 0.1) is 12.3 Å². The Balaban J connectivity index is 2.07. The van der Waals surface area contributed by atoms with E-state index in [1.165, 1.54) is 6.07 Å². The van der Waals surface area contributed by atoms with E-state index < -0.39 is 0 Å². The quantitative estimate of drug-likeness (QED) is 0.825. The van der Waals surface area contributed by atoms with Crippen LogP contribution in [0.25, 0.3) is 0 Å². The van der Waals surface area contributed by atoms with E-state index in [0.717, 1.165) is 17.0 Å². The molecule has 0 aromatic heterocycles. The van der Waals surface area contributed by atoms with Gasteiger partial charge in [-0.25, -0.2) is 4.39 Å². The zero-order chi connectivity index (χ0) is 15.2. The molecule has 0 atom stereocenters. The third kappa shape index (κ3) is 4.48. The van der Waals surface area contributed by atoms with E-state index in [-0.39, 0.29) is 5.82 Å². The van der Waals surface area contributed by atoms with Gasteiger partial charge in [-0.3, -0.25) is 0 Å². The van der Waals surface area contributed by atoms with Gasteiger partial charge < -0.3 is 10.1 Å². The van der Waals surface area contributed by atoms with Crippen LogP contribution in [0.3, 0.4) is 0 Å². The molecule has 112 valence electrons. The molecule has 21 heavy (non-hydrogen) atoms. The van der Waals surface area contributed by atoms with Gasteiger partial charge >= 0.3 is 0 Å². The van der Waals surface area contributed by atoms with Crippen LogP contribution >= 0.6 is 0 Å². The summed E-state index contributed by atoms with van der Waals surface area (Å²) in [6.07, 6.45) is 0. The van der Waals surface area contributed by atoms with Crippen LogP contribution < -0.4 is 10.1 Å². The highest BCUT2D eigenvalue weighted by molar-refractivity contribution is 5.56. The van der Waals surface area contributed by atoms with E-state index in [9.17, 15) is 4.39 Å². The maximum absolute atomic E-state index is 13.8. The second-order valence-corrected chi connectivity index (χ2v) is 5.65. The Morgan fingerprint density at radius 3 is 2.67 bits per heavy atom. The number of benzene rings is 2. The summed E-state index contributed by atoms with van der Waals surface area (Å²) in [6, 6.07) is 12.9. The number of para-hydroxylation sites is 2. The van der Waals surface area contributed by atoms with Crippen molar-refractivity contribution in [2.75, 3.05) is 11.9 Å². The van der Waals surface area contributed by atoms with Crippen LogP contribution in [0.2, 0.25) is 0 Å². The monoisotopic (exact) mass is 287 g/mol. The summed E-state index contributed by atoms with van der Waals surface area (Å²) in [5.41, 5.74) is 2.60. The molecule has 0 bridgehead atoms. The van der Waals surface area contributed by atoms with E-state index in [0.29, 0.717) is 24.6 Å². The highest BCUT2D eigenvalue weighted by Crippen LogP contribution is 2.25. The fourth-order valence-electron chi connectivity index (χ4n) is 2.02. The topological polar surface area (TPSA) is 21.3 Å². The van der Waals surface area contributed by atoms with Crippen molar-refractivity contribution in [3.05, 3.63) is 59.4 Å². The highest BCUT2D eigenvalue weighted by atomic mass is 19.1. The molecule has 0 aliphatic rings. The zero-order valence-electron chi connectivity index (χ0n) is 12.8. The smallest absolute Gasteiger partial charge is 0.142 e. The minimum Gasteiger partial charge on any atom is -0.491 e. The van der Waals surface area contributed by atoms with Crippen molar-refractivity contribution >= 4 is 5.69 Å². The minimum atomic E-state index is -0.186. The Labute approximate surface area is 126 Å². The second kappa shape index (κ2) is 7.11. The van der Waals surface area contributed by atoms with E-state index in [2.05, 4.69) is 19.2 Å². The van der Waals surface area contributed by atoms with Gasteiger partial charge in [0.2, 0.25) is 0 Å². The number of halogens is 1. The Morgan fingerprint density at radius 1 is 1.14 bits per heavy atom. The Morgan fingerprint density at radius 2 is 1.90 bits per heavy atom. The van der Waals surface area contributed by atoms with E-state index in [1.807, 2.05) is 37.3 Å². The molecule has 0 saturated heterocycles. The van der Waals surface area contributed by atoms with Crippen LogP contribution in [0.15, 0.2) is 42.5 Å². The molecule has 2 aromatic carbocycles. The summed E-state index contributed by atoms with van der Waals surface area (Å²) >= 11 is 0. The summed E-state index contributed by atoms with van der Waals surface area (Å²) in [5.74, 6) is 1.08. The maximum atomic E-state index is 13.8. The molecule has 0 saturated carbocycles. The molecular formula is C18H22FNO. The molecule has 0 fully saturated rings. The van der Waals surface area contributed by atoms with Crippen molar-refractivity contribution in [1.82, 2.24) is 0 Å². The summed E-state index contributed by atoms with van der Waals surface area (Å²) in [7, 11) is 0. The Kier molecular flexibility index (Phi) is 5.20. The molecule has 0 spiro atoms. The van der Waals surface area contributed by atoms with Crippen molar-refractivity contribution < 1.29 is 9.13 Å². The van der Waals surface area contributed by atoms with E-state index in [4.69, 9.17) is 4.74 Å².